The third kappa shape index (κ3) is 5.49. The molecule has 0 spiro atoms. The molecule has 1 heterocycles. The average molecular weight is 416 g/mol. The van der Waals surface area contributed by atoms with Crippen LogP contribution in [0.5, 0.6) is 0 Å². The Morgan fingerprint density at radius 1 is 1.10 bits per heavy atom. The molecule has 0 radical (unpaired) electrons. The average Bonchev–Trinajstić information content (AvgIpc) is 2.66. The first-order chi connectivity index (χ1) is 14.2. The summed E-state index contributed by atoms with van der Waals surface area (Å²) in [5.41, 5.74) is 3.32. The molecule has 0 aromatic heterocycles. The smallest absolute Gasteiger partial charge is 0.545 e. The van der Waals surface area contributed by atoms with Gasteiger partial charge >= 0.3 is 25.0 Å². The van der Waals surface area contributed by atoms with Crippen molar-refractivity contribution in [2.45, 2.75) is 52.3 Å². The van der Waals surface area contributed by atoms with Crippen molar-refractivity contribution in [2.75, 3.05) is 4.90 Å². The predicted molar refractivity (Wildman–Crippen MR) is 111 cm³/mol. The number of rotatable bonds is 4. The maximum absolute atomic E-state index is 12.3. The third-order valence-electron chi connectivity index (χ3n) is 5.11. The molecule has 3 rings (SSSR count). The molecule has 2 atom stereocenters. The van der Waals surface area contributed by atoms with Crippen LogP contribution in [-0.2, 0) is 9.53 Å². The minimum Gasteiger partial charge on any atom is -0.545 e. The molecular formula is C23H25LiN2O5. The van der Waals surface area contributed by atoms with Gasteiger partial charge in [-0.2, -0.15) is 0 Å². The SMILES string of the molecule is CC(=O)N1c2ccc(-c3ccc(C(=O)[O-])cc3)cc2[C@H](NC(=O)OC(C)C)C[C@@H]1C.[Li+]. The molecule has 7 nitrogen and oxygen atoms in total. The van der Waals surface area contributed by atoms with Crippen molar-refractivity contribution in [3.8, 4) is 11.1 Å². The largest absolute Gasteiger partial charge is 1.00 e. The fourth-order valence-electron chi connectivity index (χ4n) is 3.85. The third-order valence-corrected chi connectivity index (χ3v) is 5.11. The number of carbonyl (C=O) groups excluding carboxylic acids is 3. The number of fused-ring (bicyclic) bond motifs is 1. The molecule has 2 aromatic carbocycles. The molecule has 158 valence electrons. The van der Waals surface area contributed by atoms with Crippen LogP contribution in [0.15, 0.2) is 42.5 Å². The molecule has 2 aromatic rings. The first-order valence-corrected chi connectivity index (χ1v) is 9.90. The van der Waals surface area contributed by atoms with Gasteiger partial charge in [-0.25, -0.2) is 4.79 Å². The van der Waals surface area contributed by atoms with Gasteiger partial charge in [0.2, 0.25) is 5.91 Å². The summed E-state index contributed by atoms with van der Waals surface area (Å²) < 4.78 is 5.24. The predicted octanol–water partition coefficient (Wildman–Crippen LogP) is 0.0419. The van der Waals surface area contributed by atoms with Crippen molar-refractivity contribution < 1.29 is 43.1 Å². The number of hydrogen-bond donors (Lipinski definition) is 1. The van der Waals surface area contributed by atoms with E-state index in [9.17, 15) is 19.5 Å². The standard InChI is InChI=1S/C23H26N2O5.Li/c1-13(2)30-23(29)24-20-11-14(3)25(15(4)26)21-10-9-18(12-19(20)21)16-5-7-17(8-6-16)22(27)28;/h5-10,12-14,20H,11H2,1-4H3,(H,24,29)(H,27,28);/q;+1/p-1/t14-,20+;/m0./s1. The summed E-state index contributed by atoms with van der Waals surface area (Å²) in [6.45, 7) is 7.03. The molecule has 1 N–H and O–H groups in total. The van der Waals surface area contributed by atoms with Gasteiger partial charge in [0, 0.05) is 18.7 Å². The zero-order valence-corrected chi connectivity index (χ0v) is 18.5. The van der Waals surface area contributed by atoms with Crippen LogP contribution in [0, 0.1) is 0 Å². The molecule has 31 heavy (non-hydrogen) atoms. The zero-order valence-electron chi connectivity index (χ0n) is 18.5. The molecule has 2 amide bonds. The summed E-state index contributed by atoms with van der Waals surface area (Å²) in [6, 6.07) is 11.6. The second kappa shape index (κ2) is 10.0. The van der Waals surface area contributed by atoms with Gasteiger partial charge in [-0.15, -0.1) is 0 Å². The van der Waals surface area contributed by atoms with Crippen LogP contribution in [0.4, 0.5) is 10.5 Å². The van der Waals surface area contributed by atoms with E-state index in [4.69, 9.17) is 4.74 Å². The molecule has 0 fully saturated rings. The number of amides is 2. The number of carboxylic acid groups (broad SMARTS) is 1. The number of nitrogens with zero attached hydrogens (tertiary/aromatic N) is 1. The van der Waals surface area contributed by atoms with Gasteiger partial charge in [-0.1, -0.05) is 30.3 Å². The fourth-order valence-corrected chi connectivity index (χ4v) is 3.85. The van der Waals surface area contributed by atoms with E-state index in [1.165, 1.54) is 19.1 Å². The van der Waals surface area contributed by atoms with E-state index in [1.54, 1.807) is 30.9 Å². The molecule has 1 aliphatic rings. The van der Waals surface area contributed by atoms with Crippen LogP contribution in [0.2, 0.25) is 0 Å². The molecule has 0 saturated carbocycles. The summed E-state index contributed by atoms with van der Waals surface area (Å²) in [7, 11) is 0. The zero-order chi connectivity index (χ0) is 22.0. The van der Waals surface area contributed by atoms with E-state index in [0.29, 0.717) is 6.42 Å². The van der Waals surface area contributed by atoms with Crippen LogP contribution in [0.25, 0.3) is 11.1 Å². The number of ether oxygens (including phenoxy) is 1. The number of nitrogens with one attached hydrogen (secondary N) is 1. The van der Waals surface area contributed by atoms with Crippen molar-refractivity contribution in [1.29, 1.82) is 0 Å². The molecule has 0 bridgehead atoms. The van der Waals surface area contributed by atoms with Gasteiger partial charge < -0.3 is 24.9 Å². The van der Waals surface area contributed by atoms with Crippen molar-refractivity contribution in [2.24, 2.45) is 0 Å². The number of aromatic carboxylic acids is 1. The minimum absolute atomic E-state index is 0. The summed E-state index contributed by atoms with van der Waals surface area (Å²) in [4.78, 5) is 37.2. The van der Waals surface area contributed by atoms with Gasteiger partial charge in [0.25, 0.3) is 0 Å². The maximum Gasteiger partial charge on any atom is 1.00 e. The van der Waals surface area contributed by atoms with Crippen LogP contribution in [0.3, 0.4) is 0 Å². The second-order valence-corrected chi connectivity index (χ2v) is 7.76. The maximum atomic E-state index is 12.3. The number of alkyl carbamates (subject to hydrolysis) is 1. The number of carboxylic acids is 1. The quantitative estimate of drug-likeness (QED) is 0.710. The summed E-state index contributed by atoms with van der Waals surface area (Å²) in [6.07, 6.45) is -0.201. The van der Waals surface area contributed by atoms with E-state index in [2.05, 4.69) is 5.32 Å². The topological polar surface area (TPSA) is 98.8 Å². The van der Waals surface area contributed by atoms with Crippen molar-refractivity contribution in [3.05, 3.63) is 53.6 Å². The Balaban J connectivity index is 0.00000341. The van der Waals surface area contributed by atoms with E-state index < -0.39 is 12.1 Å². The fraction of sp³-hybridized carbons (Fsp3) is 0.348. The molecule has 0 unspecified atom stereocenters. The Hall–Kier alpha value is -2.75. The van der Waals surface area contributed by atoms with Gasteiger partial charge in [-0.05, 0) is 61.6 Å². The summed E-state index contributed by atoms with van der Waals surface area (Å²) in [5.74, 6) is -1.30. The van der Waals surface area contributed by atoms with Crippen LogP contribution in [0.1, 0.15) is 56.1 Å². The van der Waals surface area contributed by atoms with E-state index in [-0.39, 0.29) is 48.5 Å². The Morgan fingerprint density at radius 3 is 2.26 bits per heavy atom. The van der Waals surface area contributed by atoms with Gasteiger partial charge in [0.1, 0.15) is 0 Å². The Kier molecular flexibility index (Phi) is 7.94. The van der Waals surface area contributed by atoms with E-state index in [0.717, 1.165) is 22.4 Å². The Morgan fingerprint density at radius 2 is 1.71 bits per heavy atom. The Bertz CT molecular complexity index is 974. The second-order valence-electron chi connectivity index (χ2n) is 7.76. The molecular weight excluding hydrogens is 391 g/mol. The van der Waals surface area contributed by atoms with Crippen LogP contribution in [-0.4, -0.2) is 30.1 Å². The number of hydrogen-bond acceptors (Lipinski definition) is 5. The first-order valence-electron chi connectivity index (χ1n) is 9.90. The monoisotopic (exact) mass is 416 g/mol. The normalized spacial score (nSPS) is 17.4. The van der Waals surface area contributed by atoms with Crippen molar-refractivity contribution >= 4 is 23.7 Å². The first kappa shape index (κ1) is 24.5. The van der Waals surface area contributed by atoms with Crippen LogP contribution < -0.4 is 34.2 Å². The summed E-state index contributed by atoms with van der Waals surface area (Å²) in [5, 5.41) is 13.9. The number of carbonyl (C=O) groups is 3. The molecule has 0 aliphatic carbocycles. The minimum atomic E-state index is -1.23. The van der Waals surface area contributed by atoms with Crippen molar-refractivity contribution in [3.63, 3.8) is 0 Å². The molecule has 8 heteroatoms. The van der Waals surface area contributed by atoms with E-state index in [1.807, 2.05) is 25.1 Å². The number of anilines is 1. The molecule has 0 saturated heterocycles. The van der Waals surface area contributed by atoms with Crippen LogP contribution >= 0.6 is 0 Å². The van der Waals surface area contributed by atoms with Gasteiger partial charge in [0.15, 0.2) is 0 Å². The van der Waals surface area contributed by atoms with E-state index >= 15 is 0 Å². The molecule has 1 aliphatic heterocycles. The number of benzene rings is 2. The van der Waals surface area contributed by atoms with Gasteiger partial charge in [0.05, 0.1) is 18.1 Å². The summed E-state index contributed by atoms with van der Waals surface area (Å²) >= 11 is 0. The van der Waals surface area contributed by atoms with Gasteiger partial charge in [-0.3, -0.25) is 4.79 Å². The Labute approximate surface area is 193 Å². The van der Waals surface area contributed by atoms with Crippen molar-refractivity contribution in [1.82, 2.24) is 5.32 Å².